The number of hydrogen-bond acceptors (Lipinski definition) is 3. The Balaban J connectivity index is 0.00000256. The van der Waals surface area contributed by atoms with Gasteiger partial charge in [0.15, 0.2) is 5.96 Å². The van der Waals surface area contributed by atoms with Crippen molar-refractivity contribution in [2.75, 3.05) is 33.8 Å². The number of rotatable bonds is 5. The van der Waals surface area contributed by atoms with Gasteiger partial charge in [-0.15, -0.1) is 24.0 Å². The Hall–Kier alpha value is -2.55. The molecule has 4 rings (SSSR count). The van der Waals surface area contributed by atoms with E-state index in [9.17, 15) is 0 Å². The van der Waals surface area contributed by atoms with Crippen molar-refractivity contribution in [3.63, 3.8) is 0 Å². The third-order valence-corrected chi connectivity index (χ3v) is 5.38. The number of aromatic nitrogens is 2. The van der Waals surface area contributed by atoms with Gasteiger partial charge in [-0.1, -0.05) is 18.2 Å². The van der Waals surface area contributed by atoms with Gasteiger partial charge in [0.1, 0.15) is 11.4 Å². The molecule has 0 bridgehead atoms. The zero-order valence-electron chi connectivity index (χ0n) is 17.4. The van der Waals surface area contributed by atoms with Crippen LogP contribution in [0.2, 0.25) is 0 Å². The van der Waals surface area contributed by atoms with Gasteiger partial charge in [0.25, 0.3) is 0 Å². The van der Waals surface area contributed by atoms with Crippen LogP contribution in [0.3, 0.4) is 0 Å². The number of nitrogens with one attached hydrogen (secondary N) is 2. The molecule has 0 spiro atoms. The number of nitrogens with zero attached hydrogens (tertiary/aromatic N) is 3. The highest BCUT2D eigenvalue weighted by molar-refractivity contribution is 14.0. The van der Waals surface area contributed by atoms with E-state index in [1.165, 1.54) is 22.1 Å². The molecule has 0 unspecified atom stereocenters. The van der Waals surface area contributed by atoms with Crippen LogP contribution >= 0.6 is 24.0 Å². The van der Waals surface area contributed by atoms with Gasteiger partial charge in [-0.05, 0) is 53.8 Å². The lowest BCUT2D eigenvalue weighted by Crippen LogP contribution is -2.44. The maximum atomic E-state index is 5.35. The second-order valence-corrected chi connectivity index (χ2v) is 7.09. The summed E-state index contributed by atoms with van der Waals surface area (Å²) in [5.74, 6) is 1.85. The maximum Gasteiger partial charge on any atom is 0.193 e. The van der Waals surface area contributed by atoms with Gasteiger partial charge in [0.05, 0.1) is 7.11 Å². The van der Waals surface area contributed by atoms with E-state index in [0.29, 0.717) is 0 Å². The fourth-order valence-electron chi connectivity index (χ4n) is 3.81. The Morgan fingerprint density at radius 1 is 1.30 bits per heavy atom. The number of benzene rings is 1. The molecule has 0 radical (unpaired) electrons. The van der Waals surface area contributed by atoms with Crippen LogP contribution in [0.25, 0.3) is 16.6 Å². The standard InChI is InChI=1S/C23H27N5O.HI/c1-24-23(26-12-8-19-16-27-22-21(19)7-4-11-25-22)28-13-9-17(10-14-28)18-5-3-6-20(15-18)29-2;/h3-7,9,11,15-16H,8,10,12-14H2,1-2H3,(H,24,26)(H,25,27);1H. The SMILES string of the molecule is CN=C(NCCc1c[nH]c2ncccc12)N1CC=C(c2cccc(OC)c2)CC1.I. The lowest BCUT2D eigenvalue weighted by atomic mass is 9.99. The van der Waals surface area contributed by atoms with Crippen molar-refractivity contribution in [2.45, 2.75) is 12.8 Å². The van der Waals surface area contributed by atoms with E-state index in [1.54, 1.807) is 7.11 Å². The van der Waals surface area contributed by atoms with Crippen molar-refractivity contribution in [2.24, 2.45) is 4.99 Å². The zero-order valence-corrected chi connectivity index (χ0v) is 19.7. The molecule has 0 amide bonds. The van der Waals surface area contributed by atoms with Gasteiger partial charge in [-0.25, -0.2) is 4.98 Å². The highest BCUT2D eigenvalue weighted by Crippen LogP contribution is 2.25. The highest BCUT2D eigenvalue weighted by atomic mass is 127. The van der Waals surface area contributed by atoms with Crippen molar-refractivity contribution in [3.05, 3.63) is 66.0 Å². The third kappa shape index (κ3) is 4.95. The molecule has 30 heavy (non-hydrogen) atoms. The van der Waals surface area contributed by atoms with Crippen LogP contribution in [0.4, 0.5) is 0 Å². The first-order chi connectivity index (χ1) is 14.3. The number of aromatic amines is 1. The predicted molar refractivity (Wildman–Crippen MR) is 134 cm³/mol. The van der Waals surface area contributed by atoms with Gasteiger partial charge in [-0.3, -0.25) is 4.99 Å². The summed E-state index contributed by atoms with van der Waals surface area (Å²) in [7, 11) is 3.55. The second-order valence-electron chi connectivity index (χ2n) is 7.09. The molecule has 158 valence electrons. The number of aliphatic imine (C=N–C) groups is 1. The molecule has 3 heterocycles. The Labute approximate surface area is 194 Å². The molecule has 1 aliphatic heterocycles. The summed E-state index contributed by atoms with van der Waals surface area (Å²) in [4.78, 5) is 14.4. The first-order valence-electron chi connectivity index (χ1n) is 9.98. The smallest absolute Gasteiger partial charge is 0.193 e. The molecule has 0 atom stereocenters. The summed E-state index contributed by atoms with van der Waals surface area (Å²) < 4.78 is 5.35. The predicted octanol–water partition coefficient (Wildman–Crippen LogP) is 4.10. The van der Waals surface area contributed by atoms with Crippen molar-refractivity contribution >= 4 is 46.5 Å². The average molecular weight is 517 g/mol. The first-order valence-corrected chi connectivity index (χ1v) is 9.98. The van der Waals surface area contributed by atoms with Crippen LogP contribution in [-0.2, 0) is 6.42 Å². The molecule has 0 fully saturated rings. The van der Waals surface area contributed by atoms with E-state index in [4.69, 9.17) is 4.74 Å². The number of pyridine rings is 1. The maximum absolute atomic E-state index is 5.35. The molecule has 1 aromatic carbocycles. The van der Waals surface area contributed by atoms with Gasteiger partial charge in [-0.2, -0.15) is 0 Å². The summed E-state index contributed by atoms with van der Waals surface area (Å²) in [5.41, 5.74) is 4.81. The van der Waals surface area contributed by atoms with E-state index < -0.39 is 0 Å². The lowest BCUT2D eigenvalue weighted by molar-refractivity contribution is 0.414. The molecule has 6 nitrogen and oxygen atoms in total. The highest BCUT2D eigenvalue weighted by Gasteiger charge is 2.16. The van der Waals surface area contributed by atoms with Crippen LogP contribution < -0.4 is 10.1 Å². The van der Waals surface area contributed by atoms with Crippen LogP contribution in [0.15, 0.2) is 59.9 Å². The minimum absolute atomic E-state index is 0. The van der Waals surface area contributed by atoms with Crippen LogP contribution in [0.5, 0.6) is 5.75 Å². The number of fused-ring (bicyclic) bond motifs is 1. The molecular weight excluding hydrogens is 489 g/mol. The van der Waals surface area contributed by atoms with Crippen molar-refractivity contribution < 1.29 is 4.74 Å². The first kappa shape index (κ1) is 22.1. The van der Waals surface area contributed by atoms with Gasteiger partial charge >= 0.3 is 0 Å². The molecule has 2 N–H and O–H groups in total. The lowest BCUT2D eigenvalue weighted by Gasteiger charge is -2.30. The van der Waals surface area contributed by atoms with Gasteiger partial charge in [0.2, 0.25) is 0 Å². The molecular formula is C23H28IN5O. The molecule has 2 aromatic heterocycles. The van der Waals surface area contributed by atoms with Crippen LogP contribution in [0, 0.1) is 0 Å². The van der Waals surface area contributed by atoms with E-state index in [2.05, 4.69) is 49.5 Å². The molecule has 0 saturated carbocycles. The minimum Gasteiger partial charge on any atom is -0.497 e. The molecule has 0 aliphatic carbocycles. The monoisotopic (exact) mass is 517 g/mol. The molecule has 0 saturated heterocycles. The number of hydrogen-bond donors (Lipinski definition) is 2. The number of guanidine groups is 1. The number of ether oxygens (including phenoxy) is 1. The van der Waals surface area contributed by atoms with Crippen molar-refractivity contribution in [1.29, 1.82) is 0 Å². The molecule has 7 heteroatoms. The minimum atomic E-state index is 0. The summed E-state index contributed by atoms with van der Waals surface area (Å²) in [5, 5.41) is 4.70. The average Bonchev–Trinajstić information content (AvgIpc) is 3.20. The zero-order chi connectivity index (χ0) is 20.1. The van der Waals surface area contributed by atoms with Crippen LogP contribution in [0.1, 0.15) is 17.5 Å². The van der Waals surface area contributed by atoms with Gasteiger partial charge < -0.3 is 19.9 Å². The normalized spacial score (nSPS) is 14.3. The van der Waals surface area contributed by atoms with E-state index in [0.717, 1.165) is 49.8 Å². The Morgan fingerprint density at radius 2 is 2.20 bits per heavy atom. The number of halogens is 1. The summed E-state index contributed by atoms with van der Waals surface area (Å²) >= 11 is 0. The molecule has 1 aliphatic rings. The number of methoxy groups -OCH3 is 1. The quantitative estimate of drug-likeness (QED) is 0.304. The molecule has 3 aromatic rings. The van der Waals surface area contributed by atoms with Crippen molar-refractivity contribution in [1.82, 2.24) is 20.2 Å². The number of H-pyrrole nitrogens is 1. The Morgan fingerprint density at radius 3 is 2.97 bits per heavy atom. The van der Waals surface area contributed by atoms with Crippen LogP contribution in [-0.4, -0.2) is 54.6 Å². The largest absolute Gasteiger partial charge is 0.497 e. The van der Waals surface area contributed by atoms with E-state index in [-0.39, 0.29) is 24.0 Å². The second kappa shape index (κ2) is 10.5. The fourth-order valence-corrected chi connectivity index (χ4v) is 3.81. The summed E-state index contributed by atoms with van der Waals surface area (Å²) in [6.45, 7) is 2.63. The van der Waals surface area contributed by atoms with Gasteiger partial charge in [0, 0.05) is 44.5 Å². The topological polar surface area (TPSA) is 65.5 Å². The Kier molecular flexibility index (Phi) is 7.73. The van der Waals surface area contributed by atoms with E-state index in [1.807, 2.05) is 37.6 Å². The van der Waals surface area contributed by atoms with E-state index >= 15 is 0 Å². The third-order valence-electron chi connectivity index (χ3n) is 5.38. The summed E-state index contributed by atoms with van der Waals surface area (Å²) in [6.07, 6.45) is 8.06. The Bertz CT molecular complexity index is 1040. The van der Waals surface area contributed by atoms with Crippen molar-refractivity contribution in [3.8, 4) is 5.75 Å². The fraction of sp³-hybridized carbons (Fsp3) is 0.304. The summed E-state index contributed by atoms with van der Waals surface area (Å²) in [6, 6.07) is 12.4.